The van der Waals surface area contributed by atoms with Gasteiger partial charge >= 0.3 is 0 Å². The molecule has 1 aromatic carbocycles. The molecule has 0 bridgehead atoms. The number of nitrogens with zero attached hydrogens (tertiary/aromatic N) is 2. The lowest BCUT2D eigenvalue weighted by atomic mass is 10.2. The monoisotopic (exact) mass is 318 g/mol. The smallest absolute Gasteiger partial charge is 0.153 e. The van der Waals surface area contributed by atoms with Crippen LogP contribution in [0.25, 0.3) is 16.3 Å². The fourth-order valence-corrected chi connectivity index (χ4v) is 3.02. The molecule has 0 saturated carbocycles. The number of halogens is 1. The lowest BCUT2D eigenvalue weighted by Gasteiger charge is -2.03. The van der Waals surface area contributed by atoms with Gasteiger partial charge in [-0.15, -0.1) is 11.3 Å². The van der Waals surface area contributed by atoms with Crippen LogP contribution in [0.5, 0.6) is 5.75 Å². The molecule has 2 heterocycles. The third kappa shape index (κ3) is 2.70. The summed E-state index contributed by atoms with van der Waals surface area (Å²) in [6.45, 7) is 0. The Balaban J connectivity index is 2.04. The Labute approximate surface area is 130 Å². The van der Waals surface area contributed by atoms with Crippen LogP contribution in [0.2, 0.25) is 4.34 Å². The molecule has 3 aromatic rings. The van der Waals surface area contributed by atoms with E-state index in [1.54, 1.807) is 24.1 Å². The van der Waals surface area contributed by atoms with Gasteiger partial charge in [0.1, 0.15) is 11.4 Å². The highest BCUT2D eigenvalue weighted by molar-refractivity contribution is 7.19. The molecule has 21 heavy (non-hydrogen) atoms. The van der Waals surface area contributed by atoms with Crippen LogP contribution in [0, 0.1) is 0 Å². The van der Waals surface area contributed by atoms with Gasteiger partial charge in [-0.2, -0.15) is 5.10 Å². The van der Waals surface area contributed by atoms with Crippen LogP contribution in [0.1, 0.15) is 10.4 Å². The maximum Gasteiger partial charge on any atom is 0.153 e. The minimum Gasteiger partial charge on any atom is -0.497 e. The van der Waals surface area contributed by atoms with Gasteiger partial charge in [0.05, 0.1) is 27.6 Å². The molecule has 0 aliphatic carbocycles. The van der Waals surface area contributed by atoms with Crippen molar-refractivity contribution in [3.05, 3.63) is 52.5 Å². The Morgan fingerprint density at radius 2 is 2.00 bits per heavy atom. The van der Waals surface area contributed by atoms with E-state index in [-0.39, 0.29) is 0 Å². The zero-order chi connectivity index (χ0) is 14.8. The molecule has 2 aromatic heterocycles. The van der Waals surface area contributed by atoms with Crippen molar-refractivity contribution in [1.82, 2.24) is 9.78 Å². The van der Waals surface area contributed by atoms with Crippen LogP contribution in [-0.4, -0.2) is 23.2 Å². The Bertz CT molecular complexity index is 777. The number of hydrogen-bond donors (Lipinski definition) is 0. The minimum absolute atomic E-state index is 0.532. The van der Waals surface area contributed by atoms with E-state index in [9.17, 15) is 4.79 Å². The van der Waals surface area contributed by atoms with Crippen molar-refractivity contribution in [1.29, 1.82) is 0 Å². The fourth-order valence-electron chi connectivity index (χ4n) is 1.97. The van der Waals surface area contributed by atoms with Crippen molar-refractivity contribution in [2.75, 3.05) is 7.11 Å². The van der Waals surface area contributed by atoms with Gasteiger partial charge in [-0.05, 0) is 36.4 Å². The molecule has 0 fully saturated rings. The van der Waals surface area contributed by atoms with Crippen molar-refractivity contribution in [2.45, 2.75) is 0 Å². The van der Waals surface area contributed by atoms with E-state index in [1.165, 1.54) is 11.3 Å². The summed E-state index contributed by atoms with van der Waals surface area (Å²) in [5, 5.41) is 4.49. The number of methoxy groups -OCH3 is 1. The Morgan fingerprint density at radius 1 is 1.24 bits per heavy atom. The van der Waals surface area contributed by atoms with Crippen molar-refractivity contribution in [2.24, 2.45) is 0 Å². The first-order chi connectivity index (χ1) is 10.2. The lowest BCUT2D eigenvalue weighted by Crippen LogP contribution is -1.94. The highest BCUT2D eigenvalue weighted by Crippen LogP contribution is 2.32. The maximum atomic E-state index is 11.3. The van der Waals surface area contributed by atoms with E-state index in [0.29, 0.717) is 15.6 Å². The van der Waals surface area contributed by atoms with E-state index in [0.717, 1.165) is 22.6 Å². The molecule has 4 nitrogen and oxygen atoms in total. The molecule has 0 amide bonds. The summed E-state index contributed by atoms with van der Waals surface area (Å²) in [6, 6.07) is 11.1. The number of aromatic nitrogens is 2. The summed E-state index contributed by atoms with van der Waals surface area (Å²) in [7, 11) is 1.62. The zero-order valence-corrected chi connectivity index (χ0v) is 12.7. The molecule has 0 saturated heterocycles. The third-order valence-corrected chi connectivity index (χ3v) is 4.25. The summed E-state index contributed by atoms with van der Waals surface area (Å²) in [4.78, 5) is 12.1. The first-order valence-corrected chi connectivity index (χ1v) is 7.35. The number of carbonyl (C=O) groups excluding carboxylic acids is 1. The number of carbonyl (C=O) groups is 1. The fraction of sp³-hybridized carbons (Fsp3) is 0.0667. The number of aldehydes is 1. The summed E-state index contributed by atoms with van der Waals surface area (Å²) < 4.78 is 7.47. The van der Waals surface area contributed by atoms with Crippen LogP contribution in [-0.2, 0) is 0 Å². The summed E-state index contributed by atoms with van der Waals surface area (Å²) in [5.74, 6) is 0.770. The van der Waals surface area contributed by atoms with Gasteiger partial charge in [-0.1, -0.05) is 11.6 Å². The molecule has 0 N–H and O–H groups in total. The molecule has 3 rings (SSSR count). The highest BCUT2D eigenvalue weighted by atomic mass is 35.5. The number of hydrogen-bond acceptors (Lipinski definition) is 4. The largest absolute Gasteiger partial charge is 0.497 e. The molecule has 0 unspecified atom stereocenters. The van der Waals surface area contributed by atoms with Gasteiger partial charge in [0, 0.05) is 6.20 Å². The molecular weight excluding hydrogens is 308 g/mol. The normalized spacial score (nSPS) is 10.6. The van der Waals surface area contributed by atoms with Gasteiger partial charge in [-0.25, -0.2) is 4.68 Å². The average Bonchev–Trinajstić information content (AvgIpc) is 3.13. The summed E-state index contributed by atoms with van der Waals surface area (Å²) in [6.07, 6.45) is 2.51. The molecule has 0 radical (unpaired) electrons. The quantitative estimate of drug-likeness (QED) is 0.681. The number of thiophene rings is 1. The number of benzene rings is 1. The van der Waals surface area contributed by atoms with Gasteiger partial charge in [0.15, 0.2) is 6.29 Å². The van der Waals surface area contributed by atoms with E-state index in [2.05, 4.69) is 5.10 Å². The Morgan fingerprint density at radius 3 is 2.57 bits per heavy atom. The predicted molar refractivity (Wildman–Crippen MR) is 83.8 cm³/mol. The van der Waals surface area contributed by atoms with E-state index >= 15 is 0 Å². The van der Waals surface area contributed by atoms with Crippen LogP contribution < -0.4 is 4.74 Å². The topological polar surface area (TPSA) is 44.1 Å². The lowest BCUT2D eigenvalue weighted by molar-refractivity contribution is 0.112. The van der Waals surface area contributed by atoms with Crippen molar-refractivity contribution in [3.63, 3.8) is 0 Å². The van der Waals surface area contributed by atoms with Crippen molar-refractivity contribution in [3.8, 4) is 22.0 Å². The van der Waals surface area contributed by atoms with Crippen molar-refractivity contribution >= 4 is 29.2 Å². The highest BCUT2D eigenvalue weighted by Gasteiger charge is 2.13. The molecule has 0 atom stereocenters. The standard InChI is InChI=1S/C15H11ClN2O2S/c1-20-12-4-2-11(3-5-12)18-8-10(9-19)15(17-18)13-6-7-14(16)21-13/h2-9H,1H3. The molecular formula is C15H11ClN2O2S. The van der Waals surface area contributed by atoms with Crippen LogP contribution in [0.4, 0.5) is 0 Å². The number of rotatable bonds is 4. The SMILES string of the molecule is COc1ccc(-n2cc(C=O)c(-c3ccc(Cl)s3)n2)cc1. The number of ether oxygens (including phenoxy) is 1. The summed E-state index contributed by atoms with van der Waals surface area (Å²) >= 11 is 7.34. The molecule has 106 valence electrons. The first kappa shape index (κ1) is 13.9. The maximum absolute atomic E-state index is 11.3. The van der Waals surface area contributed by atoms with E-state index in [1.807, 2.05) is 30.3 Å². The second-order valence-electron chi connectivity index (χ2n) is 4.30. The molecule has 0 spiro atoms. The molecule has 0 aliphatic heterocycles. The van der Waals surface area contributed by atoms with E-state index in [4.69, 9.17) is 16.3 Å². The van der Waals surface area contributed by atoms with Gasteiger partial charge < -0.3 is 4.74 Å². The second-order valence-corrected chi connectivity index (χ2v) is 6.01. The zero-order valence-electron chi connectivity index (χ0n) is 11.1. The third-order valence-electron chi connectivity index (χ3n) is 3.01. The Kier molecular flexibility index (Phi) is 3.77. The summed E-state index contributed by atoms with van der Waals surface area (Å²) in [5.41, 5.74) is 2.02. The minimum atomic E-state index is 0.532. The van der Waals surface area contributed by atoms with E-state index < -0.39 is 0 Å². The van der Waals surface area contributed by atoms with Gasteiger partial charge in [0.25, 0.3) is 0 Å². The van der Waals surface area contributed by atoms with Crippen LogP contribution >= 0.6 is 22.9 Å². The van der Waals surface area contributed by atoms with Crippen LogP contribution in [0.3, 0.4) is 0 Å². The van der Waals surface area contributed by atoms with Gasteiger partial charge in [0.2, 0.25) is 0 Å². The van der Waals surface area contributed by atoms with Crippen LogP contribution in [0.15, 0.2) is 42.6 Å². The first-order valence-electron chi connectivity index (χ1n) is 6.16. The molecule has 0 aliphatic rings. The van der Waals surface area contributed by atoms with Gasteiger partial charge in [-0.3, -0.25) is 4.79 Å². The van der Waals surface area contributed by atoms with Crippen molar-refractivity contribution < 1.29 is 9.53 Å². The predicted octanol–water partition coefficient (Wildman–Crippen LogP) is 4.08. The molecule has 6 heteroatoms. The second kappa shape index (κ2) is 5.71. The average molecular weight is 319 g/mol. The Hall–Kier alpha value is -2.11.